The van der Waals surface area contributed by atoms with E-state index in [-0.39, 0.29) is 21.7 Å². The lowest BCUT2D eigenvalue weighted by Crippen LogP contribution is -2.27. The maximum Gasteiger partial charge on any atom is 0.133 e. The molecule has 57 heavy (non-hydrogen) atoms. The molecule has 0 fully saturated rings. The second-order valence-electron chi connectivity index (χ2n) is 20.9. The molecule has 2 rings (SSSR count). The van der Waals surface area contributed by atoms with E-state index in [4.69, 9.17) is 9.47 Å². The Morgan fingerprint density at radius 1 is 0.439 bits per heavy atom. The SMILES string of the molecule is CCCCN(CCCC)CCCCOc1ccc(C(C)(C)CC(C)(C)C)cc1Sc1cc(C(C)(C)CC(C)(C)C)ccc1OCCCCN(CCCC)CCCC. The van der Waals surface area contributed by atoms with E-state index in [1.165, 1.54) is 111 Å². The first-order valence-electron chi connectivity index (χ1n) is 23.5. The molecule has 0 amide bonds. The fraction of sp³-hybridized carbons (Fsp3) is 0.769. The number of hydrogen-bond donors (Lipinski definition) is 0. The number of rotatable bonds is 30. The Morgan fingerprint density at radius 3 is 1.05 bits per heavy atom. The van der Waals surface area contributed by atoms with Gasteiger partial charge < -0.3 is 19.3 Å². The Morgan fingerprint density at radius 2 is 0.754 bits per heavy atom. The molecule has 0 aliphatic carbocycles. The summed E-state index contributed by atoms with van der Waals surface area (Å²) in [5.41, 5.74) is 3.26. The van der Waals surface area contributed by atoms with Crippen molar-refractivity contribution in [2.24, 2.45) is 10.8 Å². The van der Waals surface area contributed by atoms with Gasteiger partial charge in [-0.2, -0.15) is 0 Å². The van der Waals surface area contributed by atoms with E-state index in [1.807, 2.05) is 11.8 Å². The zero-order chi connectivity index (χ0) is 42.5. The summed E-state index contributed by atoms with van der Waals surface area (Å²) < 4.78 is 13.5. The predicted octanol–water partition coefficient (Wildman–Crippen LogP) is 15.4. The van der Waals surface area contributed by atoms with Crippen LogP contribution >= 0.6 is 11.8 Å². The fourth-order valence-electron chi connectivity index (χ4n) is 8.67. The van der Waals surface area contributed by atoms with Gasteiger partial charge in [0.15, 0.2) is 0 Å². The molecule has 0 aliphatic heterocycles. The average molecular weight is 809 g/mol. The van der Waals surface area contributed by atoms with Crippen molar-refractivity contribution in [3.05, 3.63) is 47.5 Å². The van der Waals surface area contributed by atoms with Gasteiger partial charge in [0.25, 0.3) is 0 Å². The minimum absolute atomic E-state index is 0.0323. The van der Waals surface area contributed by atoms with E-state index in [2.05, 4.69) is 143 Å². The second kappa shape index (κ2) is 25.8. The van der Waals surface area contributed by atoms with Crippen LogP contribution in [-0.4, -0.2) is 62.3 Å². The number of unbranched alkanes of at least 4 members (excludes halogenated alkanes) is 6. The molecule has 0 aliphatic rings. The molecule has 4 nitrogen and oxygen atoms in total. The summed E-state index contributed by atoms with van der Waals surface area (Å²) >= 11 is 1.84. The largest absolute Gasteiger partial charge is 0.492 e. The van der Waals surface area contributed by atoms with Gasteiger partial charge in [0.05, 0.1) is 23.0 Å². The van der Waals surface area contributed by atoms with Crippen LogP contribution in [0.25, 0.3) is 0 Å². The van der Waals surface area contributed by atoms with Gasteiger partial charge in [0, 0.05) is 0 Å². The molecule has 2 aromatic carbocycles. The van der Waals surface area contributed by atoms with Gasteiger partial charge in [-0.05, 0) is 161 Å². The Balaban J connectivity index is 2.42. The third-order valence-corrected chi connectivity index (χ3v) is 12.3. The first-order chi connectivity index (χ1) is 26.8. The van der Waals surface area contributed by atoms with Crippen LogP contribution in [-0.2, 0) is 10.8 Å². The highest BCUT2D eigenvalue weighted by Crippen LogP contribution is 2.46. The third kappa shape index (κ3) is 20.9. The molecular weight excluding hydrogens is 717 g/mol. The highest BCUT2D eigenvalue weighted by molar-refractivity contribution is 7.99. The van der Waals surface area contributed by atoms with Gasteiger partial charge in [-0.3, -0.25) is 0 Å². The average Bonchev–Trinajstić information content (AvgIpc) is 3.11. The van der Waals surface area contributed by atoms with Crippen molar-refractivity contribution in [2.75, 3.05) is 52.5 Å². The maximum atomic E-state index is 6.73. The normalized spacial score (nSPS) is 12.9. The fourth-order valence-corrected chi connectivity index (χ4v) is 9.73. The van der Waals surface area contributed by atoms with E-state index >= 15 is 0 Å². The highest BCUT2D eigenvalue weighted by atomic mass is 32.2. The molecule has 2 aromatic rings. The van der Waals surface area contributed by atoms with Crippen molar-refractivity contribution in [2.45, 2.75) is 207 Å². The van der Waals surface area contributed by atoms with Crippen LogP contribution < -0.4 is 9.47 Å². The van der Waals surface area contributed by atoms with Crippen molar-refractivity contribution < 1.29 is 9.47 Å². The summed E-state index contributed by atoms with van der Waals surface area (Å²) in [5.74, 6) is 1.99. The Hall–Kier alpha value is -1.69. The molecule has 0 spiro atoms. The molecule has 5 heteroatoms. The Kier molecular flexibility index (Phi) is 23.3. The summed E-state index contributed by atoms with van der Waals surface area (Å²) in [4.78, 5) is 7.73. The van der Waals surface area contributed by atoms with E-state index in [0.29, 0.717) is 0 Å². The van der Waals surface area contributed by atoms with Crippen LogP contribution in [0, 0.1) is 10.8 Å². The Bertz CT molecular complexity index is 1250. The van der Waals surface area contributed by atoms with E-state index in [1.54, 1.807) is 0 Å². The molecule has 0 radical (unpaired) electrons. The molecule has 0 unspecified atom stereocenters. The van der Waals surface area contributed by atoms with Crippen molar-refractivity contribution >= 4 is 11.8 Å². The zero-order valence-corrected chi connectivity index (χ0v) is 41.0. The zero-order valence-electron chi connectivity index (χ0n) is 40.1. The number of ether oxygens (including phenoxy) is 2. The molecule has 0 bridgehead atoms. The van der Waals surface area contributed by atoms with Gasteiger partial charge in [0.1, 0.15) is 11.5 Å². The Labute approximate surface area is 359 Å². The second-order valence-corrected chi connectivity index (χ2v) is 22.0. The van der Waals surface area contributed by atoms with Gasteiger partial charge in [0.2, 0.25) is 0 Å². The van der Waals surface area contributed by atoms with Crippen LogP contribution in [0.1, 0.15) is 198 Å². The lowest BCUT2D eigenvalue weighted by molar-refractivity contribution is 0.242. The van der Waals surface area contributed by atoms with E-state index < -0.39 is 0 Å². The standard InChI is InChI=1S/C52H92N2O2S/c1-15-19-31-53(32-20-16-2)35-23-25-37-55-45-29-27-43(51(11,12)41-49(5,6)7)39-47(45)57-48-40-44(52(13,14)42-50(8,9)10)28-30-46(48)56-38-26-24-36-54(33-21-17-3)34-22-18-4/h27-30,39-40H,15-26,31-38,41-42H2,1-14H3. The summed E-state index contributed by atoms with van der Waals surface area (Å²) in [5, 5.41) is 0. The van der Waals surface area contributed by atoms with Crippen LogP contribution in [0.5, 0.6) is 11.5 Å². The first-order valence-corrected chi connectivity index (χ1v) is 24.3. The summed E-state index contributed by atoms with van der Waals surface area (Å²) in [6.07, 6.45) is 16.9. The molecule has 0 saturated heterocycles. The molecular formula is C52H92N2O2S. The lowest BCUT2D eigenvalue weighted by atomic mass is 9.72. The van der Waals surface area contributed by atoms with Crippen LogP contribution in [0.4, 0.5) is 0 Å². The molecule has 0 N–H and O–H groups in total. The summed E-state index contributed by atoms with van der Waals surface area (Å²) in [7, 11) is 0. The summed E-state index contributed by atoms with van der Waals surface area (Å²) in [6, 6.07) is 14.0. The molecule has 0 aromatic heterocycles. The number of hydrogen-bond acceptors (Lipinski definition) is 5. The topological polar surface area (TPSA) is 24.9 Å². The van der Waals surface area contributed by atoms with E-state index in [9.17, 15) is 0 Å². The lowest BCUT2D eigenvalue weighted by Gasteiger charge is -2.34. The summed E-state index contributed by atoms with van der Waals surface area (Å²) in [6.45, 7) is 41.6. The maximum absolute atomic E-state index is 6.73. The molecule has 328 valence electrons. The van der Waals surface area contributed by atoms with Gasteiger partial charge in [-0.15, -0.1) is 0 Å². The van der Waals surface area contributed by atoms with E-state index in [0.717, 1.165) is 63.5 Å². The third-order valence-electron chi connectivity index (χ3n) is 11.2. The van der Waals surface area contributed by atoms with Crippen molar-refractivity contribution in [3.8, 4) is 11.5 Å². The highest BCUT2D eigenvalue weighted by Gasteiger charge is 2.30. The van der Waals surface area contributed by atoms with Crippen LogP contribution in [0.2, 0.25) is 0 Å². The predicted molar refractivity (Wildman–Crippen MR) is 253 cm³/mol. The van der Waals surface area contributed by atoms with Crippen molar-refractivity contribution in [1.82, 2.24) is 9.80 Å². The molecule has 0 heterocycles. The van der Waals surface area contributed by atoms with Crippen molar-refractivity contribution in [3.63, 3.8) is 0 Å². The van der Waals surface area contributed by atoms with Crippen LogP contribution in [0.15, 0.2) is 46.2 Å². The first kappa shape index (κ1) is 51.5. The monoisotopic (exact) mass is 809 g/mol. The molecule has 0 atom stereocenters. The minimum atomic E-state index is 0.0323. The number of benzene rings is 2. The van der Waals surface area contributed by atoms with Crippen molar-refractivity contribution in [1.29, 1.82) is 0 Å². The van der Waals surface area contributed by atoms with Crippen LogP contribution in [0.3, 0.4) is 0 Å². The molecule has 0 saturated carbocycles. The van der Waals surface area contributed by atoms with Gasteiger partial charge in [-0.1, -0.05) is 147 Å². The van der Waals surface area contributed by atoms with Gasteiger partial charge >= 0.3 is 0 Å². The van der Waals surface area contributed by atoms with Gasteiger partial charge in [-0.25, -0.2) is 0 Å². The minimum Gasteiger partial charge on any atom is -0.492 e. The smallest absolute Gasteiger partial charge is 0.133 e. The number of nitrogens with zero attached hydrogens (tertiary/aromatic N) is 2. The quantitative estimate of drug-likeness (QED) is 0.0732.